The molecule has 0 fully saturated rings. The van der Waals surface area contributed by atoms with Gasteiger partial charge >= 0.3 is 0 Å². The van der Waals surface area contributed by atoms with E-state index in [1.54, 1.807) is 18.9 Å². The summed E-state index contributed by atoms with van der Waals surface area (Å²) in [7, 11) is 1.69. The molecule has 0 bridgehead atoms. The fraction of sp³-hybridized carbons (Fsp3) is 0.294. The highest BCUT2D eigenvalue weighted by Gasteiger charge is 2.12. The largest absolute Gasteiger partial charge is 0.496 e. The van der Waals surface area contributed by atoms with Gasteiger partial charge in [0.15, 0.2) is 0 Å². The molecule has 2 rings (SSSR count). The van der Waals surface area contributed by atoms with Gasteiger partial charge in [-0.3, -0.25) is 0 Å². The van der Waals surface area contributed by atoms with Gasteiger partial charge in [0.05, 0.1) is 17.0 Å². The number of nitrogens with one attached hydrogen (secondary N) is 1. The minimum absolute atomic E-state index is 0.438. The molecule has 2 aromatic rings. The molecule has 2 nitrogen and oxygen atoms in total. The van der Waals surface area contributed by atoms with Crippen LogP contribution in [0.2, 0.25) is 5.02 Å². The van der Waals surface area contributed by atoms with E-state index in [9.17, 15) is 0 Å². The first-order valence-electron chi connectivity index (χ1n) is 6.93. The summed E-state index contributed by atoms with van der Waals surface area (Å²) < 4.78 is 5.42. The van der Waals surface area contributed by atoms with Crippen LogP contribution in [0.25, 0.3) is 0 Å². The van der Waals surface area contributed by atoms with Crippen molar-refractivity contribution in [1.82, 2.24) is 5.32 Å². The number of para-hydroxylation sites is 1. The van der Waals surface area contributed by atoms with Gasteiger partial charge < -0.3 is 10.1 Å². The standard InChI is InChI=1S/C17H20ClNOS/c1-12(2)19-11-13-7-6-8-14(18)17(13)21-16-10-5-4-9-15(16)20-3/h4-10,12,19H,11H2,1-3H3. The third-order valence-corrected chi connectivity index (χ3v) is 4.70. The van der Waals surface area contributed by atoms with Crippen LogP contribution in [0.5, 0.6) is 5.75 Å². The van der Waals surface area contributed by atoms with Crippen LogP contribution < -0.4 is 10.1 Å². The van der Waals surface area contributed by atoms with Gasteiger partial charge in [0, 0.05) is 17.5 Å². The van der Waals surface area contributed by atoms with E-state index < -0.39 is 0 Å². The molecule has 0 radical (unpaired) electrons. The Morgan fingerprint density at radius 1 is 1.14 bits per heavy atom. The molecule has 2 aromatic carbocycles. The summed E-state index contributed by atoms with van der Waals surface area (Å²) in [4.78, 5) is 2.15. The second kappa shape index (κ2) is 7.74. The molecule has 0 spiro atoms. The summed E-state index contributed by atoms with van der Waals surface area (Å²) in [6.45, 7) is 5.07. The monoisotopic (exact) mass is 321 g/mol. The zero-order chi connectivity index (χ0) is 15.2. The Morgan fingerprint density at radius 3 is 2.62 bits per heavy atom. The maximum absolute atomic E-state index is 6.40. The van der Waals surface area contributed by atoms with Gasteiger partial charge in [0.2, 0.25) is 0 Å². The van der Waals surface area contributed by atoms with Crippen LogP contribution in [-0.2, 0) is 6.54 Å². The molecule has 0 atom stereocenters. The van der Waals surface area contributed by atoms with E-state index in [4.69, 9.17) is 16.3 Å². The highest BCUT2D eigenvalue weighted by atomic mass is 35.5. The van der Waals surface area contributed by atoms with Crippen molar-refractivity contribution in [2.45, 2.75) is 36.2 Å². The molecule has 0 aliphatic rings. The van der Waals surface area contributed by atoms with E-state index in [1.807, 2.05) is 36.4 Å². The number of benzene rings is 2. The Labute approximate surface area is 135 Å². The number of hydrogen-bond acceptors (Lipinski definition) is 3. The normalized spacial score (nSPS) is 10.9. The molecule has 0 aromatic heterocycles. The molecule has 0 saturated carbocycles. The topological polar surface area (TPSA) is 21.3 Å². The Hall–Kier alpha value is -1.16. The number of ether oxygens (including phenoxy) is 1. The Morgan fingerprint density at radius 2 is 1.90 bits per heavy atom. The van der Waals surface area contributed by atoms with E-state index in [0.717, 1.165) is 27.1 Å². The molecule has 112 valence electrons. The quantitative estimate of drug-likeness (QED) is 0.809. The van der Waals surface area contributed by atoms with Crippen LogP contribution >= 0.6 is 23.4 Å². The van der Waals surface area contributed by atoms with E-state index in [0.29, 0.717) is 6.04 Å². The van der Waals surface area contributed by atoms with Crippen LogP contribution in [0.1, 0.15) is 19.4 Å². The van der Waals surface area contributed by atoms with Gasteiger partial charge in [-0.25, -0.2) is 0 Å². The first-order valence-corrected chi connectivity index (χ1v) is 8.13. The maximum Gasteiger partial charge on any atom is 0.132 e. The molecule has 0 amide bonds. The van der Waals surface area contributed by atoms with Gasteiger partial charge in [-0.05, 0) is 23.8 Å². The van der Waals surface area contributed by atoms with Crippen LogP contribution in [0.15, 0.2) is 52.3 Å². The molecular weight excluding hydrogens is 302 g/mol. The highest BCUT2D eigenvalue weighted by Crippen LogP contribution is 2.40. The zero-order valence-electron chi connectivity index (χ0n) is 12.5. The number of methoxy groups -OCH3 is 1. The molecule has 4 heteroatoms. The number of halogens is 1. The number of rotatable bonds is 6. The van der Waals surface area contributed by atoms with Gasteiger partial charge in [-0.2, -0.15) is 0 Å². The number of hydrogen-bond donors (Lipinski definition) is 1. The summed E-state index contributed by atoms with van der Waals surface area (Å²) in [6.07, 6.45) is 0. The van der Waals surface area contributed by atoms with Gasteiger partial charge in [0.25, 0.3) is 0 Å². The van der Waals surface area contributed by atoms with E-state index >= 15 is 0 Å². The van der Waals surface area contributed by atoms with Crippen LogP contribution in [-0.4, -0.2) is 13.2 Å². The Bertz CT molecular complexity index is 601. The third kappa shape index (κ3) is 4.40. The minimum Gasteiger partial charge on any atom is -0.496 e. The summed E-state index contributed by atoms with van der Waals surface area (Å²) in [6, 6.07) is 14.5. The van der Waals surface area contributed by atoms with Crippen LogP contribution in [0, 0.1) is 0 Å². The Kier molecular flexibility index (Phi) is 5.97. The predicted molar refractivity (Wildman–Crippen MR) is 90.5 cm³/mol. The fourth-order valence-electron chi connectivity index (χ4n) is 1.93. The summed E-state index contributed by atoms with van der Waals surface area (Å²) in [5.41, 5.74) is 1.20. The SMILES string of the molecule is COc1ccccc1Sc1c(Cl)cccc1CNC(C)C. The maximum atomic E-state index is 6.40. The van der Waals surface area contributed by atoms with Gasteiger partial charge in [0.1, 0.15) is 5.75 Å². The minimum atomic E-state index is 0.438. The van der Waals surface area contributed by atoms with Crippen molar-refractivity contribution in [2.75, 3.05) is 7.11 Å². The van der Waals surface area contributed by atoms with Crippen molar-refractivity contribution in [2.24, 2.45) is 0 Å². The third-order valence-electron chi connectivity index (χ3n) is 3.03. The second-order valence-corrected chi connectivity index (χ2v) is 6.48. The summed E-state index contributed by atoms with van der Waals surface area (Å²) in [5, 5.41) is 4.21. The lowest BCUT2D eigenvalue weighted by Crippen LogP contribution is -2.22. The molecule has 1 N–H and O–H groups in total. The average Bonchev–Trinajstić information content (AvgIpc) is 2.48. The van der Waals surface area contributed by atoms with Crippen molar-refractivity contribution in [3.8, 4) is 5.75 Å². The van der Waals surface area contributed by atoms with Crippen molar-refractivity contribution < 1.29 is 4.74 Å². The molecule has 0 aliphatic heterocycles. The zero-order valence-corrected chi connectivity index (χ0v) is 14.1. The van der Waals surface area contributed by atoms with Crippen molar-refractivity contribution in [3.63, 3.8) is 0 Å². The average molecular weight is 322 g/mol. The first kappa shape index (κ1) is 16.2. The lowest BCUT2D eigenvalue weighted by molar-refractivity contribution is 0.405. The summed E-state index contributed by atoms with van der Waals surface area (Å²) >= 11 is 8.05. The predicted octanol–water partition coefficient (Wildman–Crippen LogP) is 5.00. The molecule has 0 aliphatic carbocycles. The highest BCUT2D eigenvalue weighted by molar-refractivity contribution is 7.99. The van der Waals surface area contributed by atoms with Crippen LogP contribution in [0.4, 0.5) is 0 Å². The molecular formula is C17H20ClNOS. The van der Waals surface area contributed by atoms with E-state index in [-0.39, 0.29) is 0 Å². The molecule has 0 heterocycles. The smallest absolute Gasteiger partial charge is 0.132 e. The van der Waals surface area contributed by atoms with Crippen LogP contribution in [0.3, 0.4) is 0 Å². The molecule has 21 heavy (non-hydrogen) atoms. The lowest BCUT2D eigenvalue weighted by atomic mass is 10.2. The molecule has 0 saturated heterocycles. The van der Waals surface area contributed by atoms with Gasteiger partial charge in [-0.1, -0.05) is 61.5 Å². The summed E-state index contributed by atoms with van der Waals surface area (Å²) in [5.74, 6) is 0.866. The van der Waals surface area contributed by atoms with Crippen molar-refractivity contribution >= 4 is 23.4 Å². The fourth-order valence-corrected chi connectivity index (χ4v) is 3.30. The van der Waals surface area contributed by atoms with E-state index in [2.05, 4.69) is 25.2 Å². The lowest BCUT2D eigenvalue weighted by Gasteiger charge is -2.15. The second-order valence-electron chi connectivity index (χ2n) is 5.02. The van der Waals surface area contributed by atoms with Gasteiger partial charge in [-0.15, -0.1) is 0 Å². The first-order chi connectivity index (χ1) is 10.1. The van der Waals surface area contributed by atoms with Crippen molar-refractivity contribution in [3.05, 3.63) is 53.1 Å². The molecule has 0 unspecified atom stereocenters. The van der Waals surface area contributed by atoms with E-state index in [1.165, 1.54) is 5.56 Å². The van der Waals surface area contributed by atoms with Crippen molar-refractivity contribution in [1.29, 1.82) is 0 Å². The Balaban J connectivity index is 2.30.